The summed E-state index contributed by atoms with van der Waals surface area (Å²) in [6, 6.07) is 10.1. The molecule has 1 heterocycles. The maximum absolute atomic E-state index is 12.6. The van der Waals surface area contributed by atoms with E-state index in [-0.39, 0.29) is 36.8 Å². The van der Waals surface area contributed by atoms with Gasteiger partial charge in [-0.05, 0) is 19.3 Å². The van der Waals surface area contributed by atoms with Crippen LogP contribution in [0.5, 0.6) is 0 Å². The number of carbonyl (C=O) groups excluding carboxylic acids is 1. The van der Waals surface area contributed by atoms with Gasteiger partial charge in [0.15, 0.2) is 0 Å². The smallest absolute Gasteiger partial charge is 0.265 e. The molecule has 0 radical (unpaired) electrons. The van der Waals surface area contributed by atoms with Crippen molar-refractivity contribution in [2.24, 2.45) is 11.7 Å². The van der Waals surface area contributed by atoms with E-state index in [1.807, 2.05) is 44.3 Å². The van der Waals surface area contributed by atoms with Crippen LogP contribution < -0.4 is 5.73 Å². The standard InChI is InChI=1S/C18H25N3OS.2ClH/c1-12(2)15(19)10-11-21(4)18(22)16-13(3)20-17(23-16)14-8-6-5-7-9-14;;/h5-9,12,15H,10-11,19H2,1-4H3;2*1H. The average molecular weight is 404 g/mol. The summed E-state index contributed by atoms with van der Waals surface area (Å²) in [5, 5.41) is 0.888. The molecule has 0 fully saturated rings. The number of nitrogens with zero attached hydrogens (tertiary/aromatic N) is 2. The van der Waals surface area contributed by atoms with Crippen LogP contribution >= 0.6 is 36.2 Å². The minimum atomic E-state index is 0. The van der Waals surface area contributed by atoms with Crippen molar-refractivity contribution < 1.29 is 4.79 Å². The third-order valence-electron chi connectivity index (χ3n) is 4.01. The lowest BCUT2D eigenvalue weighted by atomic mass is 10.0. The SMILES string of the molecule is Cc1nc(-c2ccccc2)sc1C(=O)N(C)CCC(N)C(C)C.Cl.Cl. The molecule has 2 aromatic rings. The fraction of sp³-hybridized carbons (Fsp3) is 0.444. The summed E-state index contributed by atoms with van der Waals surface area (Å²) in [7, 11) is 1.83. The second-order valence-corrected chi connectivity index (χ2v) is 7.22. The Balaban J connectivity index is 0.00000288. The molecular weight excluding hydrogens is 377 g/mol. The number of amides is 1. The molecule has 1 atom stereocenters. The molecule has 2 N–H and O–H groups in total. The first-order valence-electron chi connectivity index (χ1n) is 7.94. The number of hydrogen-bond acceptors (Lipinski definition) is 4. The Morgan fingerprint density at radius 1 is 1.24 bits per heavy atom. The van der Waals surface area contributed by atoms with Crippen molar-refractivity contribution in [3.05, 3.63) is 40.9 Å². The van der Waals surface area contributed by atoms with E-state index in [1.165, 1.54) is 11.3 Å². The Morgan fingerprint density at radius 3 is 2.40 bits per heavy atom. The molecular formula is C18H27Cl2N3OS. The number of halogens is 2. The number of rotatable bonds is 6. The summed E-state index contributed by atoms with van der Waals surface area (Å²) >= 11 is 1.46. The molecule has 1 aromatic carbocycles. The van der Waals surface area contributed by atoms with Crippen molar-refractivity contribution in [3.63, 3.8) is 0 Å². The monoisotopic (exact) mass is 403 g/mol. The van der Waals surface area contributed by atoms with Crippen molar-refractivity contribution >= 4 is 42.1 Å². The first kappa shape index (κ1) is 23.9. The van der Waals surface area contributed by atoms with E-state index in [1.54, 1.807) is 4.90 Å². The van der Waals surface area contributed by atoms with E-state index < -0.39 is 0 Å². The second-order valence-electron chi connectivity index (χ2n) is 6.22. The van der Waals surface area contributed by atoms with Gasteiger partial charge in [-0.3, -0.25) is 4.79 Å². The zero-order chi connectivity index (χ0) is 17.0. The molecule has 1 amide bonds. The normalized spacial score (nSPS) is 11.4. The summed E-state index contributed by atoms with van der Waals surface area (Å²) in [6.45, 7) is 6.76. The zero-order valence-electron chi connectivity index (χ0n) is 15.1. The predicted molar refractivity (Wildman–Crippen MR) is 111 cm³/mol. The number of aromatic nitrogens is 1. The van der Waals surface area contributed by atoms with Gasteiger partial charge in [0, 0.05) is 25.2 Å². The van der Waals surface area contributed by atoms with Crippen LogP contribution in [-0.2, 0) is 0 Å². The molecule has 25 heavy (non-hydrogen) atoms. The van der Waals surface area contributed by atoms with Crippen molar-refractivity contribution in [2.45, 2.75) is 33.2 Å². The molecule has 0 bridgehead atoms. The topological polar surface area (TPSA) is 59.2 Å². The number of benzene rings is 1. The Bertz CT molecular complexity index is 662. The van der Waals surface area contributed by atoms with E-state index in [9.17, 15) is 4.79 Å². The summed E-state index contributed by atoms with van der Waals surface area (Å²) in [6.07, 6.45) is 0.809. The van der Waals surface area contributed by atoms with Gasteiger partial charge >= 0.3 is 0 Å². The summed E-state index contributed by atoms with van der Waals surface area (Å²) in [5.74, 6) is 0.450. The van der Waals surface area contributed by atoms with Gasteiger partial charge in [-0.15, -0.1) is 36.2 Å². The number of thiazole rings is 1. The van der Waals surface area contributed by atoms with Crippen LogP contribution in [0.4, 0.5) is 0 Å². The third-order valence-corrected chi connectivity index (χ3v) is 5.21. The number of carbonyl (C=O) groups is 1. The number of aryl methyl sites for hydroxylation is 1. The lowest BCUT2D eigenvalue weighted by Gasteiger charge is -2.21. The van der Waals surface area contributed by atoms with E-state index in [0.29, 0.717) is 17.3 Å². The molecule has 0 aliphatic heterocycles. The predicted octanol–water partition coefficient (Wildman–Crippen LogP) is 4.41. The van der Waals surface area contributed by atoms with Crippen LogP contribution in [0.25, 0.3) is 10.6 Å². The van der Waals surface area contributed by atoms with Gasteiger partial charge in [0.2, 0.25) is 0 Å². The Labute approximate surface area is 166 Å². The molecule has 0 aliphatic rings. The molecule has 1 aromatic heterocycles. The van der Waals surface area contributed by atoms with Gasteiger partial charge < -0.3 is 10.6 Å². The average Bonchev–Trinajstić information content (AvgIpc) is 2.94. The molecule has 0 saturated heterocycles. The maximum atomic E-state index is 12.6. The first-order chi connectivity index (χ1) is 10.9. The minimum Gasteiger partial charge on any atom is -0.341 e. The Morgan fingerprint density at radius 2 is 1.84 bits per heavy atom. The fourth-order valence-corrected chi connectivity index (χ4v) is 3.32. The third kappa shape index (κ3) is 6.26. The van der Waals surface area contributed by atoms with E-state index >= 15 is 0 Å². The van der Waals surface area contributed by atoms with Gasteiger partial charge in [-0.1, -0.05) is 44.2 Å². The van der Waals surface area contributed by atoms with Gasteiger partial charge in [0.05, 0.1) is 5.69 Å². The number of hydrogen-bond donors (Lipinski definition) is 1. The zero-order valence-corrected chi connectivity index (χ0v) is 17.5. The van der Waals surface area contributed by atoms with Crippen LogP contribution in [0.15, 0.2) is 30.3 Å². The van der Waals surface area contributed by atoms with Crippen LogP contribution in [0.3, 0.4) is 0 Å². The fourth-order valence-electron chi connectivity index (χ4n) is 2.25. The molecule has 2 rings (SSSR count). The van der Waals surface area contributed by atoms with Gasteiger partial charge in [0.25, 0.3) is 5.91 Å². The van der Waals surface area contributed by atoms with Crippen LogP contribution in [0, 0.1) is 12.8 Å². The minimum absolute atomic E-state index is 0. The number of nitrogens with two attached hydrogens (primary N) is 1. The molecule has 0 saturated carbocycles. The van der Waals surface area contributed by atoms with Gasteiger partial charge in [-0.2, -0.15) is 0 Å². The van der Waals surface area contributed by atoms with Crippen molar-refractivity contribution in [3.8, 4) is 10.6 Å². The highest BCUT2D eigenvalue weighted by Crippen LogP contribution is 2.28. The molecule has 4 nitrogen and oxygen atoms in total. The molecule has 7 heteroatoms. The summed E-state index contributed by atoms with van der Waals surface area (Å²) < 4.78 is 0. The quantitative estimate of drug-likeness (QED) is 0.776. The lowest BCUT2D eigenvalue weighted by molar-refractivity contribution is 0.0793. The lowest BCUT2D eigenvalue weighted by Crippen LogP contribution is -2.34. The second kappa shape index (κ2) is 10.8. The highest BCUT2D eigenvalue weighted by molar-refractivity contribution is 7.17. The molecule has 1 unspecified atom stereocenters. The van der Waals surface area contributed by atoms with E-state index in [0.717, 1.165) is 22.7 Å². The van der Waals surface area contributed by atoms with Crippen LogP contribution in [-0.4, -0.2) is 35.4 Å². The van der Waals surface area contributed by atoms with Crippen molar-refractivity contribution in [1.29, 1.82) is 0 Å². The summed E-state index contributed by atoms with van der Waals surface area (Å²) in [5.41, 5.74) is 7.90. The highest BCUT2D eigenvalue weighted by Gasteiger charge is 2.20. The highest BCUT2D eigenvalue weighted by atomic mass is 35.5. The first-order valence-corrected chi connectivity index (χ1v) is 8.75. The summed E-state index contributed by atoms with van der Waals surface area (Å²) in [4.78, 5) is 19.7. The van der Waals surface area contributed by atoms with E-state index in [2.05, 4.69) is 18.8 Å². The van der Waals surface area contributed by atoms with Gasteiger partial charge in [-0.25, -0.2) is 4.98 Å². The largest absolute Gasteiger partial charge is 0.341 e. The van der Waals surface area contributed by atoms with Crippen molar-refractivity contribution in [1.82, 2.24) is 9.88 Å². The Hall–Kier alpha value is -1.14. The van der Waals surface area contributed by atoms with Crippen LogP contribution in [0.1, 0.15) is 35.6 Å². The Kier molecular flexibility index (Phi) is 10.3. The molecule has 140 valence electrons. The van der Waals surface area contributed by atoms with E-state index in [4.69, 9.17) is 5.73 Å². The molecule has 0 aliphatic carbocycles. The maximum Gasteiger partial charge on any atom is 0.265 e. The van der Waals surface area contributed by atoms with Crippen LogP contribution in [0.2, 0.25) is 0 Å². The molecule has 0 spiro atoms. The van der Waals surface area contributed by atoms with Crippen molar-refractivity contribution in [2.75, 3.05) is 13.6 Å². The van der Waals surface area contributed by atoms with Gasteiger partial charge in [0.1, 0.15) is 9.88 Å².